The largest absolute Gasteiger partial charge is 0.489 e. The number of halogens is 2. The van der Waals surface area contributed by atoms with Gasteiger partial charge in [0.2, 0.25) is 5.91 Å². The first-order valence-electron chi connectivity index (χ1n) is 10.8. The number of fused-ring (bicyclic) bond motifs is 1. The summed E-state index contributed by atoms with van der Waals surface area (Å²) >= 11 is 12.0. The number of carbonyl (C=O) groups is 1. The van der Waals surface area contributed by atoms with Crippen LogP contribution < -0.4 is 10.1 Å². The van der Waals surface area contributed by atoms with Crippen molar-refractivity contribution < 1.29 is 19.4 Å². The Bertz CT molecular complexity index is 1110. The molecule has 4 rings (SSSR count). The van der Waals surface area contributed by atoms with E-state index in [2.05, 4.69) is 10.2 Å². The summed E-state index contributed by atoms with van der Waals surface area (Å²) in [6, 6.07) is 18.9. The quantitative estimate of drug-likeness (QED) is 0.459. The second-order valence-electron chi connectivity index (χ2n) is 8.14. The van der Waals surface area contributed by atoms with Crippen molar-refractivity contribution in [2.24, 2.45) is 0 Å². The van der Waals surface area contributed by atoms with Crippen LogP contribution in [0.3, 0.4) is 0 Å². The third-order valence-corrected chi connectivity index (χ3v) is 6.21. The number of nitrogens with one attached hydrogen (secondary N) is 1. The van der Waals surface area contributed by atoms with Gasteiger partial charge in [0.1, 0.15) is 18.5 Å². The second-order valence-corrected chi connectivity index (χ2v) is 8.96. The predicted octanol–water partition coefficient (Wildman–Crippen LogP) is 4.62. The number of β-amino-alcohol motifs (C(OH)–C–C–N with tert-alkyl or cyclic N) is 1. The average Bonchev–Trinajstić information content (AvgIpc) is 3.22. The van der Waals surface area contributed by atoms with Crippen LogP contribution in [0.15, 0.2) is 60.7 Å². The van der Waals surface area contributed by atoms with Gasteiger partial charge in [0.25, 0.3) is 0 Å². The summed E-state index contributed by atoms with van der Waals surface area (Å²) in [4.78, 5) is 14.3. The van der Waals surface area contributed by atoms with E-state index in [1.165, 1.54) is 0 Å². The highest BCUT2D eigenvalue weighted by Crippen LogP contribution is 2.28. The fraction of sp³-hybridized carbons (Fsp3) is 0.320. The minimum atomic E-state index is -0.692. The van der Waals surface area contributed by atoms with Gasteiger partial charge in [-0.2, -0.15) is 0 Å². The minimum absolute atomic E-state index is 0.0168. The number of likely N-dealkylation sites (tertiary alicyclic amines) is 1. The molecule has 0 saturated carbocycles. The van der Waals surface area contributed by atoms with Gasteiger partial charge < -0.3 is 19.9 Å². The standard InChI is InChI=1S/C25H26Cl2N2O4/c26-23-8-7-21(12-24(23)27)33-22-9-10-29(14-22)13-20(30)15-32-16-25(31)28-19-6-5-17-3-1-2-4-18(17)11-19/h1-8,11-12,20,22,30H,9-10,13-16H2,(H,28,31). The van der Waals surface area contributed by atoms with Crippen molar-refractivity contribution in [1.82, 2.24) is 4.90 Å². The predicted molar refractivity (Wildman–Crippen MR) is 131 cm³/mol. The zero-order chi connectivity index (χ0) is 23.2. The highest BCUT2D eigenvalue weighted by Gasteiger charge is 2.25. The van der Waals surface area contributed by atoms with Crippen molar-refractivity contribution in [2.45, 2.75) is 18.6 Å². The smallest absolute Gasteiger partial charge is 0.250 e. The molecule has 8 heteroatoms. The molecular weight excluding hydrogens is 463 g/mol. The molecule has 2 N–H and O–H groups in total. The Kier molecular flexibility index (Phi) is 8.06. The molecule has 1 amide bonds. The van der Waals surface area contributed by atoms with Gasteiger partial charge in [-0.15, -0.1) is 0 Å². The van der Waals surface area contributed by atoms with E-state index in [1.807, 2.05) is 42.5 Å². The minimum Gasteiger partial charge on any atom is -0.489 e. The number of aliphatic hydroxyl groups excluding tert-OH is 1. The molecule has 1 fully saturated rings. The molecule has 3 aromatic rings. The van der Waals surface area contributed by atoms with E-state index in [-0.39, 0.29) is 25.2 Å². The highest BCUT2D eigenvalue weighted by molar-refractivity contribution is 6.42. The first kappa shape index (κ1) is 23.8. The van der Waals surface area contributed by atoms with Gasteiger partial charge in [-0.3, -0.25) is 9.69 Å². The Morgan fingerprint density at radius 3 is 2.73 bits per heavy atom. The van der Waals surface area contributed by atoms with Crippen LogP contribution in [-0.2, 0) is 9.53 Å². The SMILES string of the molecule is O=C(COCC(O)CN1CCC(Oc2ccc(Cl)c(Cl)c2)C1)Nc1ccc2ccccc2c1. The van der Waals surface area contributed by atoms with E-state index in [9.17, 15) is 9.90 Å². The summed E-state index contributed by atoms with van der Waals surface area (Å²) in [6.45, 7) is 1.92. The maximum atomic E-state index is 12.2. The third-order valence-electron chi connectivity index (χ3n) is 5.47. The summed E-state index contributed by atoms with van der Waals surface area (Å²) in [6.07, 6.45) is 0.174. The van der Waals surface area contributed by atoms with Gasteiger partial charge in [-0.1, -0.05) is 53.5 Å². The van der Waals surface area contributed by atoms with Crippen molar-refractivity contribution >= 4 is 45.6 Å². The number of aliphatic hydroxyl groups is 1. The fourth-order valence-electron chi connectivity index (χ4n) is 3.90. The van der Waals surface area contributed by atoms with Gasteiger partial charge in [0.15, 0.2) is 0 Å². The van der Waals surface area contributed by atoms with Crippen LogP contribution in [0.1, 0.15) is 6.42 Å². The Labute approximate surface area is 203 Å². The molecule has 0 bridgehead atoms. The summed E-state index contributed by atoms with van der Waals surface area (Å²) in [7, 11) is 0. The number of ether oxygens (including phenoxy) is 2. The Morgan fingerprint density at radius 1 is 1.09 bits per heavy atom. The van der Waals surface area contributed by atoms with E-state index in [4.69, 9.17) is 32.7 Å². The van der Waals surface area contributed by atoms with Crippen LogP contribution >= 0.6 is 23.2 Å². The molecule has 0 radical (unpaired) electrons. The average molecular weight is 489 g/mol. The molecule has 0 spiro atoms. The Morgan fingerprint density at radius 2 is 1.91 bits per heavy atom. The maximum absolute atomic E-state index is 12.2. The zero-order valence-electron chi connectivity index (χ0n) is 18.0. The summed E-state index contributed by atoms with van der Waals surface area (Å²) in [5.74, 6) is 0.423. The molecule has 174 valence electrons. The number of hydrogen-bond acceptors (Lipinski definition) is 5. The molecule has 3 aromatic carbocycles. The van der Waals surface area contributed by atoms with E-state index in [0.29, 0.717) is 34.6 Å². The molecule has 33 heavy (non-hydrogen) atoms. The lowest BCUT2D eigenvalue weighted by atomic mass is 10.1. The van der Waals surface area contributed by atoms with E-state index >= 15 is 0 Å². The lowest BCUT2D eigenvalue weighted by Gasteiger charge is -2.20. The Balaban J connectivity index is 1.15. The molecule has 2 atom stereocenters. The van der Waals surface area contributed by atoms with Crippen LogP contribution in [0.25, 0.3) is 10.8 Å². The first-order chi connectivity index (χ1) is 16.0. The summed E-state index contributed by atoms with van der Waals surface area (Å²) < 4.78 is 11.4. The number of amides is 1. The zero-order valence-corrected chi connectivity index (χ0v) is 19.6. The highest BCUT2D eigenvalue weighted by atomic mass is 35.5. The van der Waals surface area contributed by atoms with Gasteiger partial charge in [0, 0.05) is 31.4 Å². The molecule has 1 heterocycles. The third kappa shape index (κ3) is 6.82. The normalized spacial score (nSPS) is 17.2. The molecule has 6 nitrogen and oxygen atoms in total. The van der Waals surface area contributed by atoms with Crippen LogP contribution in [-0.4, -0.2) is 61.0 Å². The lowest BCUT2D eigenvalue weighted by Crippen LogP contribution is -2.35. The molecular formula is C25H26Cl2N2O4. The second kappa shape index (κ2) is 11.2. The molecule has 0 aromatic heterocycles. The van der Waals surface area contributed by atoms with Crippen molar-refractivity contribution in [3.63, 3.8) is 0 Å². The monoisotopic (exact) mass is 488 g/mol. The van der Waals surface area contributed by atoms with Crippen molar-refractivity contribution in [2.75, 3.05) is 38.2 Å². The molecule has 1 aliphatic rings. The van der Waals surface area contributed by atoms with Crippen LogP contribution in [0, 0.1) is 0 Å². The number of carbonyl (C=O) groups excluding carboxylic acids is 1. The summed E-state index contributed by atoms with van der Waals surface area (Å²) in [5.41, 5.74) is 0.716. The first-order valence-corrected chi connectivity index (χ1v) is 11.6. The van der Waals surface area contributed by atoms with Crippen LogP contribution in [0.5, 0.6) is 5.75 Å². The maximum Gasteiger partial charge on any atom is 0.250 e. The number of anilines is 1. The van der Waals surface area contributed by atoms with E-state index in [1.54, 1.807) is 18.2 Å². The van der Waals surface area contributed by atoms with Crippen molar-refractivity contribution in [3.05, 3.63) is 70.7 Å². The lowest BCUT2D eigenvalue weighted by molar-refractivity contribution is -0.121. The van der Waals surface area contributed by atoms with Crippen LogP contribution in [0.4, 0.5) is 5.69 Å². The van der Waals surface area contributed by atoms with Gasteiger partial charge >= 0.3 is 0 Å². The van der Waals surface area contributed by atoms with E-state index < -0.39 is 6.10 Å². The number of nitrogens with zero attached hydrogens (tertiary/aromatic N) is 1. The number of rotatable bonds is 9. The van der Waals surface area contributed by atoms with E-state index in [0.717, 1.165) is 23.7 Å². The van der Waals surface area contributed by atoms with Crippen LogP contribution in [0.2, 0.25) is 10.0 Å². The molecule has 1 aliphatic heterocycles. The number of hydrogen-bond donors (Lipinski definition) is 2. The Hall–Kier alpha value is -2.35. The van der Waals surface area contributed by atoms with Crippen molar-refractivity contribution in [1.29, 1.82) is 0 Å². The van der Waals surface area contributed by atoms with Gasteiger partial charge in [0.05, 0.1) is 22.8 Å². The molecule has 0 aliphatic carbocycles. The molecule has 1 saturated heterocycles. The molecule has 2 unspecified atom stereocenters. The fourth-order valence-corrected chi connectivity index (χ4v) is 4.19. The van der Waals surface area contributed by atoms with Gasteiger partial charge in [-0.25, -0.2) is 0 Å². The van der Waals surface area contributed by atoms with Crippen molar-refractivity contribution in [3.8, 4) is 5.75 Å². The topological polar surface area (TPSA) is 71.0 Å². The number of benzene rings is 3. The van der Waals surface area contributed by atoms with Gasteiger partial charge in [-0.05, 0) is 41.5 Å². The summed E-state index contributed by atoms with van der Waals surface area (Å²) in [5, 5.41) is 16.2.